The number of carboxylic acid groups (broad SMARTS) is 1. The van der Waals surface area contributed by atoms with Gasteiger partial charge in [0.1, 0.15) is 0 Å². The number of amides is 1. The van der Waals surface area contributed by atoms with E-state index in [4.69, 9.17) is 0 Å². The highest BCUT2D eigenvalue weighted by molar-refractivity contribution is 5.87. The Bertz CT molecular complexity index is 910. The van der Waals surface area contributed by atoms with Crippen LogP contribution in [0.2, 0.25) is 0 Å². The van der Waals surface area contributed by atoms with E-state index in [2.05, 4.69) is 18.4 Å². The number of hydrogen-bond donors (Lipinski definition) is 1. The second kappa shape index (κ2) is 8.91. The lowest BCUT2D eigenvalue weighted by Crippen LogP contribution is -2.54. The molecule has 0 radical (unpaired) electrons. The number of hydrogen-bond acceptors (Lipinski definition) is 3. The Balaban J connectivity index is 2.23. The van der Waals surface area contributed by atoms with Gasteiger partial charge < -0.3 is 15.2 Å². The molecule has 0 bridgehead atoms. The van der Waals surface area contributed by atoms with E-state index in [1.165, 1.54) is 17.4 Å². The van der Waals surface area contributed by atoms with Crippen molar-refractivity contribution in [3.63, 3.8) is 0 Å². The van der Waals surface area contributed by atoms with E-state index in [0.717, 1.165) is 11.6 Å². The van der Waals surface area contributed by atoms with Crippen molar-refractivity contribution in [2.45, 2.75) is 18.1 Å². The van der Waals surface area contributed by atoms with Crippen molar-refractivity contribution in [1.82, 2.24) is 5.32 Å². The molecule has 0 unspecified atom stereocenters. The predicted molar refractivity (Wildman–Crippen MR) is 94.8 cm³/mol. The number of benzene rings is 2. The number of carboxylic acids is 1. The van der Waals surface area contributed by atoms with Crippen LogP contribution in [0.15, 0.2) is 67.3 Å². The molecule has 2 rings (SSSR count). The van der Waals surface area contributed by atoms with Crippen LogP contribution >= 0.6 is 0 Å². The van der Waals surface area contributed by atoms with Crippen molar-refractivity contribution >= 4 is 11.9 Å². The molecule has 7 heteroatoms. The maximum atomic E-state index is 12.5. The Labute approximate surface area is 159 Å². The van der Waals surface area contributed by atoms with Crippen LogP contribution < -0.4 is 10.4 Å². The van der Waals surface area contributed by atoms with Gasteiger partial charge in [0.05, 0.1) is 12.0 Å². The molecule has 0 saturated heterocycles. The Hall–Kier alpha value is -3.53. The minimum absolute atomic E-state index is 0.344. The van der Waals surface area contributed by atoms with Gasteiger partial charge in [-0.3, -0.25) is 4.79 Å². The second-order valence-corrected chi connectivity index (χ2v) is 5.77. The van der Waals surface area contributed by atoms with Gasteiger partial charge in [0.2, 0.25) is 0 Å². The van der Waals surface area contributed by atoms with Crippen molar-refractivity contribution in [3.05, 3.63) is 83.9 Å². The fraction of sp³-hybridized carbons (Fsp3) is 0.143. The van der Waals surface area contributed by atoms with Crippen molar-refractivity contribution in [2.75, 3.05) is 0 Å². The molecule has 2 aromatic carbocycles. The van der Waals surface area contributed by atoms with E-state index in [1.807, 2.05) is 30.3 Å². The molecular formula is C21H15F3NO3-. The predicted octanol–water partition coefficient (Wildman–Crippen LogP) is 2.15. The standard InChI is InChI=1S/C21H16F3NO3/c1-2-17(18(19(26)27)25-20(28)21(22,23)24)16-12-10-15(11-13-16)9-8-14-6-4-3-5-7-14/h2-7,10-13,17-18H,1H2,(H,25,28)(H,26,27)/p-1/t17-,18-/m0/s1. The largest absolute Gasteiger partial charge is 0.548 e. The molecule has 0 saturated carbocycles. The minimum Gasteiger partial charge on any atom is -0.548 e. The third-order valence-electron chi connectivity index (χ3n) is 3.83. The van der Waals surface area contributed by atoms with Gasteiger partial charge in [-0.05, 0) is 29.8 Å². The quantitative estimate of drug-likeness (QED) is 0.633. The zero-order chi connectivity index (χ0) is 20.7. The fourth-order valence-corrected chi connectivity index (χ4v) is 2.44. The number of alkyl halides is 3. The lowest BCUT2D eigenvalue weighted by Gasteiger charge is -2.27. The van der Waals surface area contributed by atoms with Gasteiger partial charge in [-0.15, -0.1) is 6.58 Å². The third kappa shape index (κ3) is 5.48. The van der Waals surface area contributed by atoms with Gasteiger partial charge in [0.15, 0.2) is 0 Å². The summed E-state index contributed by atoms with van der Waals surface area (Å²) in [6.07, 6.45) is -4.07. The number of aliphatic carboxylic acids is 1. The summed E-state index contributed by atoms with van der Waals surface area (Å²) in [5.74, 6) is 0.546. The smallest absolute Gasteiger partial charge is 0.471 e. The summed E-state index contributed by atoms with van der Waals surface area (Å²) in [7, 11) is 0. The summed E-state index contributed by atoms with van der Waals surface area (Å²) < 4.78 is 37.4. The average molecular weight is 386 g/mol. The first-order chi connectivity index (χ1) is 13.2. The lowest BCUT2D eigenvalue weighted by atomic mass is 9.90. The van der Waals surface area contributed by atoms with Gasteiger partial charge in [-0.2, -0.15) is 13.2 Å². The van der Waals surface area contributed by atoms with Gasteiger partial charge in [-0.25, -0.2) is 0 Å². The molecule has 0 fully saturated rings. The molecule has 4 nitrogen and oxygen atoms in total. The number of halogens is 3. The molecule has 2 aromatic rings. The molecule has 1 N–H and O–H groups in total. The maximum Gasteiger partial charge on any atom is 0.471 e. The zero-order valence-corrected chi connectivity index (χ0v) is 14.5. The number of rotatable bonds is 5. The summed E-state index contributed by atoms with van der Waals surface area (Å²) in [5, 5.41) is 12.7. The molecular weight excluding hydrogens is 371 g/mol. The van der Waals surface area contributed by atoms with E-state index in [9.17, 15) is 27.9 Å². The number of carbonyl (C=O) groups is 2. The summed E-state index contributed by atoms with van der Waals surface area (Å²) in [6.45, 7) is 3.46. The first-order valence-electron chi connectivity index (χ1n) is 8.10. The highest BCUT2D eigenvalue weighted by Crippen LogP contribution is 2.23. The molecule has 0 heterocycles. The molecule has 0 spiro atoms. The monoisotopic (exact) mass is 386 g/mol. The van der Waals surface area contributed by atoms with E-state index < -0.39 is 30.0 Å². The van der Waals surface area contributed by atoms with Gasteiger partial charge in [0, 0.05) is 17.0 Å². The SMILES string of the molecule is C=C[C@@H](c1ccc(C#Cc2ccccc2)cc1)[C@H](NC(=O)C(F)(F)F)C(=O)[O-]. The fourth-order valence-electron chi connectivity index (χ4n) is 2.44. The van der Waals surface area contributed by atoms with Crippen LogP contribution in [0.1, 0.15) is 22.6 Å². The van der Waals surface area contributed by atoms with Crippen LogP contribution in [-0.2, 0) is 9.59 Å². The van der Waals surface area contributed by atoms with Crippen LogP contribution in [0.5, 0.6) is 0 Å². The summed E-state index contributed by atoms with van der Waals surface area (Å²) in [5.41, 5.74) is 1.78. The second-order valence-electron chi connectivity index (χ2n) is 5.77. The van der Waals surface area contributed by atoms with Gasteiger partial charge >= 0.3 is 12.1 Å². The Kier molecular flexibility index (Phi) is 6.61. The first kappa shape index (κ1) is 20.8. The van der Waals surface area contributed by atoms with Gasteiger partial charge in [-0.1, -0.05) is 48.2 Å². The van der Waals surface area contributed by atoms with Crippen molar-refractivity contribution < 1.29 is 27.9 Å². The molecule has 144 valence electrons. The zero-order valence-electron chi connectivity index (χ0n) is 14.5. The average Bonchev–Trinajstić information content (AvgIpc) is 2.67. The van der Waals surface area contributed by atoms with Crippen molar-refractivity contribution in [1.29, 1.82) is 0 Å². The van der Waals surface area contributed by atoms with E-state index in [1.54, 1.807) is 12.1 Å². The Morgan fingerprint density at radius 1 is 1.00 bits per heavy atom. The van der Waals surface area contributed by atoms with Crippen LogP contribution in [0.4, 0.5) is 13.2 Å². The first-order valence-corrected chi connectivity index (χ1v) is 8.10. The Morgan fingerprint density at radius 2 is 1.54 bits per heavy atom. The van der Waals surface area contributed by atoms with E-state index >= 15 is 0 Å². The maximum absolute atomic E-state index is 12.5. The van der Waals surface area contributed by atoms with Crippen LogP contribution in [0.3, 0.4) is 0 Å². The topological polar surface area (TPSA) is 69.2 Å². The molecule has 0 aliphatic carbocycles. The molecule has 0 aliphatic rings. The van der Waals surface area contributed by atoms with Gasteiger partial charge in [0.25, 0.3) is 0 Å². The summed E-state index contributed by atoms with van der Waals surface area (Å²) >= 11 is 0. The number of carbonyl (C=O) groups excluding carboxylic acids is 2. The van der Waals surface area contributed by atoms with Crippen LogP contribution in [0, 0.1) is 11.8 Å². The molecule has 28 heavy (non-hydrogen) atoms. The summed E-state index contributed by atoms with van der Waals surface area (Å²) in [6, 6.07) is 13.5. The Morgan fingerprint density at radius 3 is 2.00 bits per heavy atom. The molecule has 0 aromatic heterocycles. The highest BCUT2D eigenvalue weighted by atomic mass is 19.4. The normalized spacial score (nSPS) is 12.8. The van der Waals surface area contributed by atoms with Crippen LogP contribution in [-0.4, -0.2) is 24.1 Å². The minimum atomic E-state index is -5.21. The molecule has 1 amide bonds. The molecule has 0 aliphatic heterocycles. The highest BCUT2D eigenvalue weighted by Gasteiger charge is 2.41. The lowest BCUT2D eigenvalue weighted by molar-refractivity contribution is -0.308. The van der Waals surface area contributed by atoms with E-state index in [-0.39, 0.29) is 0 Å². The van der Waals surface area contributed by atoms with Crippen molar-refractivity contribution in [3.8, 4) is 11.8 Å². The molecule has 2 atom stereocenters. The summed E-state index contributed by atoms with van der Waals surface area (Å²) in [4.78, 5) is 22.4. The third-order valence-corrected chi connectivity index (χ3v) is 3.83. The van der Waals surface area contributed by atoms with Crippen molar-refractivity contribution in [2.24, 2.45) is 0 Å². The number of nitrogens with one attached hydrogen (secondary N) is 1. The van der Waals surface area contributed by atoms with E-state index in [0.29, 0.717) is 11.1 Å². The van der Waals surface area contributed by atoms with Crippen LogP contribution in [0.25, 0.3) is 0 Å².